The Kier molecular flexibility index (Phi) is 7.16. The molecule has 6 nitrogen and oxygen atoms in total. The van der Waals surface area contributed by atoms with Crippen LogP contribution in [0.25, 0.3) is 0 Å². The van der Waals surface area contributed by atoms with Gasteiger partial charge in [-0.05, 0) is 26.7 Å². The molecule has 138 valence electrons. The van der Waals surface area contributed by atoms with Crippen LogP contribution in [0.3, 0.4) is 0 Å². The fraction of sp³-hybridized carbons (Fsp3) is 0.765. The Hall–Kier alpha value is -1.21. The molecule has 1 rings (SSSR count). The first kappa shape index (κ1) is 20.8. The molecule has 1 unspecified atom stereocenters. The molecule has 0 aromatic carbocycles. The zero-order chi connectivity index (χ0) is 18.5. The van der Waals surface area contributed by atoms with Crippen LogP contribution < -0.4 is 11.1 Å². The minimum atomic E-state index is -1.33. The number of rotatable bonds is 6. The number of hydrogen-bond donors (Lipinski definition) is 2. The second-order valence-corrected chi connectivity index (χ2v) is 9.90. The van der Waals surface area contributed by atoms with Crippen LogP contribution in [-0.4, -0.2) is 45.7 Å². The third kappa shape index (κ3) is 5.70. The highest BCUT2D eigenvalue weighted by Gasteiger charge is 2.39. The number of nitrogens with one attached hydrogen (secondary N) is 1. The van der Waals surface area contributed by atoms with Crippen molar-refractivity contribution in [3.63, 3.8) is 0 Å². The summed E-state index contributed by atoms with van der Waals surface area (Å²) in [5.74, 6) is -0.660. The first-order valence-corrected chi connectivity index (χ1v) is 9.44. The number of ether oxygens (including phenoxy) is 1. The maximum Gasteiger partial charge on any atom is 0.238 e. The summed E-state index contributed by atoms with van der Waals surface area (Å²) in [7, 11) is -1.33. The smallest absolute Gasteiger partial charge is 0.238 e. The zero-order valence-corrected chi connectivity index (χ0v) is 16.1. The minimum absolute atomic E-state index is 0.0494. The van der Waals surface area contributed by atoms with Crippen LogP contribution in [0.4, 0.5) is 0 Å². The van der Waals surface area contributed by atoms with Crippen molar-refractivity contribution in [3.8, 4) is 0 Å². The summed E-state index contributed by atoms with van der Waals surface area (Å²) in [6.07, 6.45) is 2.73. The molecule has 0 aliphatic carbocycles. The van der Waals surface area contributed by atoms with Gasteiger partial charge in [-0.2, -0.15) is 0 Å². The summed E-state index contributed by atoms with van der Waals surface area (Å²) in [5.41, 5.74) is 6.02. The molecular formula is C17H30N2O4S. The van der Waals surface area contributed by atoms with Crippen molar-refractivity contribution in [2.24, 2.45) is 11.1 Å². The predicted octanol–water partition coefficient (Wildman–Crippen LogP) is 1.27. The van der Waals surface area contributed by atoms with Crippen molar-refractivity contribution in [2.45, 2.75) is 57.5 Å². The summed E-state index contributed by atoms with van der Waals surface area (Å²) >= 11 is 0. The van der Waals surface area contributed by atoms with E-state index in [-0.39, 0.29) is 28.9 Å². The van der Waals surface area contributed by atoms with E-state index in [4.69, 9.17) is 10.5 Å². The summed E-state index contributed by atoms with van der Waals surface area (Å²) in [4.78, 5) is 24.3. The number of amides is 1. The molecule has 1 saturated heterocycles. The number of carbonyl (C=O) groups is 2. The van der Waals surface area contributed by atoms with Gasteiger partial charge in [-0.15, -0.1) is 0 Å². The van der Waals surface area contributed by atoms with E-state index in [1.807, 2.05) is 20.8 Å². The van der Waals surface area contributed by atoms with E-state index in [2.05, 4.69) is 5.32 Å². The van der Waals surface area contributed by atoms with Crippen LogP contribution in [0, 0.1) is 5.41 Å². The van der Waals surface area contributed by atoms with Gasteiger partial charge in [-0.1, -0.05) is 20.8 Å². The highest BCUT2D eigenvalue weighted by atomic mass is 32.2. The zero-order valence-electron chi connectivity index (χ0n) is 15.3. The average molecular weight is 359 g/mol. The SMILES string of the molecule is CC(C)(C)C(N)=CC(=O)CNC(=O)C(C)(C)S(=O)C1CCOCC1. The maximum absolute atomic E-state index is 12.7. The van der Waals surface area contributed by atoms with Crippen molar-refractivity contribution >= 4 is 22.5 Å². The molecule has 1 aliphatic heterocycles. The summed E-state index contributed by atoms with van der Waals surface area (Å²) in [6, 6.07) is 0. The van der Waals surface area contributed by atoms with E-state index in [1.54, 1.807) is 13.8 Å². The molecular weight excluding hydrogens is 328 g/mol. The Morgan fingerprint density at radius 2 is 1.75 bits per heavy atom. The maximum atomic E-state index is 12.7. The van der Waals surface area contributed by atoms with Crippen LogP contribution >= 0.6 is 0 Å². The number of nitrogens with two attached hydrogens (primary N) is 1. The lowest BCUT2D eigenvalue weighted by atomic mass is 9.91. The topological polar surface area (TPSA) is 98.5 Å². The van der Waals surface area contributed by atoms with Crippen molar-refractivity contribution < 1.29 is 18.5 Å². The van der Waals surface area contributed by atoms with E-state index < -0.39 is 15.5 Å². The molecule has 1 amide bonds. The molecule has 0 spiro atoms. The second-order valence-electron chi connectivity index (χ2n) is 7.62. The first-order valence-electron chi connectivity index (χ1n) is 8.23. The standard InChI is InChI=1S/C17H30N2O4S/c1-16(2,3)14(18)10-12(20)11-19-15(21)17(4,5)24(22)13-6-8-23-9-7-13/h10,13H,6-9,11,18H2,1-5H3,(H,19,21). The summed E-state index contributed by atoms with van der Waals surface area (Å²) in [6.45, 7) is 10.0. The van der Waals surface area contributed by atoms with Gasteiger partial charge >= 0.3 is 0 Å². The van der Waals surface area contributed by atoms with Gasteiger partial charge in [0.25, 0.3) is 0 Å². The van der Waals surface area contributed by atoms with Crippen LogP contribution in [0.15, 0.2) is 11.8 Å². The first-order chi connectivity index (χ1) is 11.0. The lowest BCUT2D eigenvalue weighted by Crippen LogP contribution is -2.50. The fourth-order valence-electron chi connectivity index (χ4n) is 2.22. The van der Waals surface area contributed by atoms with Crippen LogP contribution in [-0.2, 0) is 25.1 Å². The number of ketones is 1. The van der Waals surface area contributed by atoms with E-state index in [0.717, 1.165) is 0 Å². The van der Waals surface area contributed by atoms with Crippen molar-refractivity contribution in [3.05, 3.63) is 11.8 Å². The van der Waals surface area contributed by atoms with E-state index >= 15 is 0 Å². The molecule has 1 atom stereocenters. The van der Waals surface area contributed by atoms with Gasteiger partial charge in [-0.25, -0.2) is 0 Å². The molecule has 0 aromatic heterocycles. The third-order valence-electron chi connectivity index (χ3n) is 4.13. The third-order valence-corrected chi connectivity index (χ3v) is 6.39. The van der Waals surface area contributed by atoms with E-state index in [0.29, 0.717) is 31.8 Å². The molecule has 7 heteroatoms. The van der Waals surface area contributed by atoms with Crippen LogP contribution in [0.2, 0.25) is 0 Å². The fourth-order valence-corrected chi connectivity index (χ4v) is 3.93. The van der Waals surface area contributed by atoms with Crippen LogP contribution in [0.5, 0.6) is 0 Å². The van der Waals surface area contributed by atoms with E-state index in [9.17, 15) is 13.8 Å². The van der Waals surface area contributed by atoms with Gasteiger partial charge in [0, 0.05) is 46.5 Å². The van der Waals surface area contributed by atoms with Gasteiger partial charge in [0.15, 0.2) is 5.78 Å². The Balaban J connectivity index is 2.62. The molecule has 0 aromatic rings. The molecule has 0 saturated carbocycles. The Morgan fingerprint density at radius 3 is 2.25 bits per heavy atom. The second kappa shape index (κ2) is 8.25. The lowest BCUT2D eigenvalue weighted by Gasteiger charge is -2.30. The number of allylic oxidation sites excluding steroid dienone is 1. The molecule has 1 heterocycles. The molecule has 3 N–H and O–H groups in total. The largest absolute Gasteiger partial charge is 0.402 e. The van der Waals surface area contributed by atoms with Gasteiger partial charge < -0.3 is 15.8 Å². The van der Waals surface area contributed by atoms with Gasteiger partial charge in [0.05, 0.1) is 6.54 Å². The molecule has 24 heavy (non-hydrogen) atoms. The van der Waals surface area contributed by atoms with E-state index in [1.165, 1.54) is 6.08 Å². The van der Waals surface area contributed by atoms with Gasteiger partial charge in [-0.3, -0.25) is 13.8 Å². The Labute approximate surface area is 147 Å². The average Bonchev–Trinajstić information content (AvgIpc) is 2.51. The van der Waals surface area contributed by atoms with Crippen LogP contribution in [0.1, 0.15) is 47.5 Å². The monoisotopic (exact) mass is 358 g/mol. The predicted molar refractivity (Wildman–Crippen MR) is 95.8 cm³/mol. The summed E-state index contributed by atoms with van der Waals surface area (Å²) in [5, 5.41) is 2.54. The van der Waals surface area contributed by atoms with Gasteiger partial charge in [0.1, 0.15) is 4.75 Å². The Bertz CT molecular complexity index is 529. The highest BCUT2D eigenvalue weighted by Crippen LogP contribution is 2.24. The number of hydrogen-bond acceptors (Lipinski definition) is 5. The quantitative estimate of drug-likeness (QED) is 0.697. The Morgan fingerprint density at radius 1 is 1.21 bits per heavy atom. The lowest BCUT2D eigenvalue weighted by molar-refractivity contribution is -0.125. The summed E-state index contributed by atoms with van der Waals surface area (Å²) < 4.78 is 16.9. The number of carbonyl (C=O) groups excluding carboxylic acids is 2. The molecule has 0 bridgehead atoms. The van der Waals surface area contributed by atoms with Crippen molar-refractivity contribution in [2.75, 3.05) is 19.8 Å². The highest BCUT2D eigenvalue weighted by molar-refractivity contribution is 7.87. The van der Waals surface area contributed by atoms with Crippen molar-refractivity contribution in [1.82, 2.24) is 5.32 Å². The minimum Gasteiger partial charge on any atom is -0.402 e. The van der Waals surface area contributed by atoms with Crippen molar-refractivity contribution in [1.29, 1.82) is 0 Å². The molecule has 1 fully saturated rings. The normalized spacial score (nSPS) is 19.0. The molecule has 1 aliphatic rings. The van der Waals surface area contributed by atoms with Gasteiger partial charge in [0.2, 0.25) is 5.91 Å². The molecule has 0 radical (unpaired) electrons.